The molecular formula is C9H19NO. The quantitative estimate of drug-likeness (QED) is 0.598. The molecule has 2 atom stereocenters. The van der Waals surface area contributed by atoms with Crippen LogP contribution in [0.5, 0.6) is 0 Å². The van der Waals surface area contributed by atoms with Crippen LogP contribution in [0, 0.1) is 5.92 Å². The van der Waals surface area contributed by atoms with E-state index in [0.29, 0.717) is 5.92 Å². The fourth-order valence-electron chi connectivity index (χ4n) is 1.84. The first-order valence-electron chi connectivity index (χ1n) is 4.44. The van der Waals surface area contributed by atoms with Crippen LogP contribution in [0.15, 0.2) is 0 Å². The maximum absolute atomic E-state index is 9.38. The fraction of sp³-hybridized carbons (Fsp3) is 1.00. The maximum atomic E-state index is 9.38. The van der Waals surface area contributed by atoms with Gasteiger partial charge in [-0.2, -0.15) is 0 Å². The Morgan fingerprint density at radius 3 is 2.55 bits per heavy atom. The average molecular weight is 157 g/mol. The SMILES string of the molecule is CC(O)C1CCNC(C)(C)C1. The van der Waals surface area contributed by atoms with E-state index in [0.717, 1.165) is 19.4 Å². The van der Waals surface area contributed by atoms with Gasteiger partial charge in [0.05, 0.1) is 6.10 Å². The van der Waals surface area contributed by atoms with Gasteiger partial charge in [0.15, 0.2) is 0 Å². The van der Waals surface area contributed by atoms with Gasteiger partial charge in [-0.05, 0) is 46.1 Å². The Morgan fingerprint density at radius 2 is 2.18 bits per heavy atom. The Hall–Kier alpha value is -0.0800. The lowest BCUT2D eigenvalue weighted by Gasteiger charge is -2.37. The smallest absolute Gasteiger partial charge is 0.0541 e. The largest absolute Gasteiger partial charge is 0.393 e. The Balaban J connectivity index is 2.46. The zero-order valence-electron chi connectivity index (χ0n) is 7.72. The lowest BCUT2D eigenvalue weighted by atomic mass is 9.82. The van der Waals surface area contributed by atoms with E-state index in [2.05, 4.69) is 19.2 Å². The summed E-state index contributed by atoms with van der Waals surface area (Å²) in [6.45, 7) is 7.33. The molecule has 0 aliphatic carbocycles. The molecule has 0 saturated carbocycles. The Morgan fingerprint density at radius 1 is 1.55 bits per heavy atom. The molecule has 1 aliphatic heterocycles. The first kappa shape index (κ1) is 9.01. The maximum Gasteiger partial charge on any atom is 0.0541 e. The van der Waals surface area contributed by atoms with Crippen LogP contribution in [0.2, 0.25) is 0 Å². The van der Waals surface area contributed by atoms with Crippen molar-refractivity contribution in [3.8, 4) is 0 Å². The average Bonchev–Trinajstić information content (AvgIpc) is 1.85. The molecule has 0 amide bonds. The van der Waals surface area contributed by atoms with Crippen molar-refractivity contribution in [3.05, 3.63) is 0 Å². The summed E-state index contributed by atoms with van der Waals surface area (Å²) in [6, 6.07) is 0. The summed E-state index contributed by atoms with van der Waals surface area (Å²) < 4.78 is 0. The second-order valence-electron chi connectivity index (χ2n) is 4.30. The highest BCUT2D eigenvalue weighted by Crippen LogP contribution is 2.25. The van der Waals surface area contributed by atoms with Gasteiger partial charge in [-0.15, -0.1) is 0 Å². The lowest BCUT2D eigenvalue weighted by Crippen LogP contribution is -2.48. The van der Waals surface area contributed by atoms with Gasteiger partial charge in [0.25, 0.3) is 0 Å². The standard InChI is InChI=1S/C9H19NO/c1-7(11)8-4-5-10-9(2,3)6-8/h7-8,10-11H,4-6H2,1-3H3. The zero-order valence-corrected chi connectivity index (χ0v) is 7.72. The van der Waals surface area contributed by atoms with Crippen molar-refractivity contribution in [2.75, 3.05) is 6.54 Å². The summed E-state index contributed by atoms with van der Waals surface area (Å²) in [6.07, 6.45) is 2.06. The highest BCUT2D eigenvalue weighted by atomic mass is 16.3. The molecular weight excluding hydrogens is 138 g/mol. The number of nitrogens with one attached hydrogen (secondary N) is 1. The monoisotopic (exact) mass is 157 g/mol. The van der Waals surface area contributed by atoms with Gasteiger partial charge in [-0.25, -0.2) is 0 Å². The lowest BCUT2D eigenvalue weighted by molar-refractivity contribution is 0.0769. The normalized spacial score (nSPS) is 33.3. The van der Waals surface area contributed by atoms with Gasteiger partial charge < -0.3 is 10.4 Å². The number of aliphatic hydroxyl groups is 1. The van der Waals surface area contributed by atoms with Crippen LogP contribution in [-0.2, 0) is 0 Å². The molecule has 2 heteroatoms. The molecule has 0 aromatic rings. The van der Waals surface area contributed by atoms with Crippen molar-refractivity contribution >= 4 is 0 Å². The molecule has 66 valence electrons. The van der Waals surface area contributed by atoms with Crippen LogP contribution in [0.25, 0.3) is 0 Å². The minimum atomic E-state index is -0.142. The van der Waals surface area contributed by atoms with Crippen molar-refractivity contribution in [3.63, 3.8) is 0 Å². The predicted octanol–water partition coefficient (Wildman–Crippen LogP) is 1.15. The Labute approximate surface area is 69.0 Å². The summed E-state index contributed by atoms with van der Waals surface area (Å²) in [5, 5.41) is 12.8. The number of aliphatic hydroxyl groups excluding tert-OH is 1. The van der Waals surface area contributed by atoms with E-state index in [1.165, 1.54) is 0 Å². The minimum absolute atomic E-state index is 0.142. The summed E-state index contributed by atoms with van der Waals surface area (Å²) >= 11 is 0. The van der Waals surface area contributed by atoms with E-state index in [1.807, 2.05) is 6.92 Å². The van der Waals surface area contributed by atoms with Crippen molar-refractivity contribution in [1.29, 1.82) is 0 Å². The molecule has 11 heavy (non-hydrogen) atoms. The third-order valence-corrected chi connectivity index (χ3v) is 2.57. The van der Waals surface area contributed by atoms with E-state index >= 15 is 0 Å². The molecule has 1 fully saturated rings. The highest BCUT2D eigenvalue weighted by molar-refractivity contribution is 4.87. The van der Waals surface area contributed by atoms with Crippen LogP contribution in [0.1, 0.15) is 33.6 Å². The molecule has 0 radical (unpaired) electrons. The molecule has 0 aromatic carbocycles. The van der Waals surface area contributed by atoms with Gasteiger partial charge in [0.1, 0.15) is 0 Å². The van der Waals surface area contributed by atoms with Crippen LogP contribution in [-0.4, -0.2) is 23.3 Å². The molecule has 0 aromatic heterocycles. The number of hydrogen-bond acceptors (Lipinski definition) is 2. The third kappa shape index (κ3) is 2.46. The second kappa shape index (κ2) is 3.11. The first-order chi connectivity index (χ1) is 5.01. The van der Waals surface area contributed by atoms with E-state index in [-0.39, 0.29) is 11.6 Å². The predicted molar refractivity (Wildman–Crippen MR) is 46.5 cm³/mol. The van der Waals surface area contributed by atoms with Crippen molar-refractivity contribution in [2.45, 2.75) is 45.3 Å². The molecule has 0 bridgehead atoms. The van der Waals surface area contributed by atoms with E-state index in [1.54, 1.807) is 0 Å². The molecule has 1 rings (SSSR count). The van der Waals surface area contributed by atoms with Crippen LogP contribution >= 0.6 is 0 Å². The molecule has 1 heterocycles. The van der Waals surface area contributed by atoms with Crippen LogP contribution in [0.3, 0.4) is 0 Å². The van der Waals surface area contributed by atoms with Gasteiger partial charge in [0.2, 0.25) is 0 Å². The number of hydrogen-bond donors (Lipinski definition) is 2. The second-order valence-corrected chi connectivity index (χ2v) is 4.30. The molecule has 2 N–H and O–H groups in total. The highest BCUT2D eigenvalue weighted by Gasteiger charge is 2.29. The molecule has 2 unspecified atom stereocenters. The fourth-order valence-corrected chi connectivity index (χ4v) is 1.84. The van der Waals surface area contributed by atoms with E-state index in [4.69, 9.17) is 0 Å². The van der Waals surface area contributed by atoms with Crippen molar-refractivity contribution in [1.82, 2.24) is 5.32 Å². The third-order valence-electron chi connectivity index (χ3n) is 2.57. The summed E-state index contributed by atoms with van der Waals surface area (Å²) in [5.41, 5.74) is 0.222. The molecule has 1 aliphatic rings. The minimum Gasteiger partial charge on any atom is -0.393 e. The summed E-state index contributed by atoms with van der Waals surface area (Å²) in [4.78, 5) is 0. The van der Waals surface area contributed by atoms with Gasteiger partial charge >= 0.3 is 0 Å². The van der Waals surface area contributed by atoms with Crippen LogP contribution in [0.4, 0.5) is 0 Å². The summed E-state index contributed by atoms with van der Waals surface area (Å²) in [7, 11) is 0. The number of piperidine rings is 1. The van der Waals surface area contributed by atoms with Gasteiger partial charge in [0, 0.05) is 5.54 Å². The van der Waals surface area contributed by atoms with Gasteiger partial charge in [-0.1, -0.05) is 0 Å². The van der Waals surface area contributed by atoms with Crippen molar-refractivity contribution in [2.24, 2.45) is 5.92 Å². The van der Waals surface area contributed by atoms with E-state index in [9.17, 15) is 5.11 Å². The molecule has 0 spiro atoms. The van der Waals surface area contributed by atoms with Gasteiger partial charge in [-0.3, -0.25) is 0 Å². The Kier molecular flexibility index (Phi) is 2.55. The van der Waals surface area contributed by atoms with Crippen molar-refractivity contribution < 1.29 is 5.11 Å². The summed E-state index contributed by atoms with van der Waals surface area (Å²) in [5.74, 6) is 0.492. The van der Waals surface area contributed by atoms with Crippen LogP contribution < -0.4 is 5.32 Å². The molecule has 2 nitrogen and oxygen atoms in total. The zero-order chi connectivity index (χ0) is 8.48. The topological polar surface area (TPSA) is 32.3 Å². The van der Waals surface area contributed by atoms with E-state index < -0.39 is 0 Å². The number of rotatable bonds is 1. The Bertz CT molecular complexity index is 132. The molecule has 1 saturated heterocycles. The first-order valence-corrected chi connectivity index (χ1v) is 4.44.